The van der Waals surface area contributed by atoms with Gasteiger partial charge in [0.25, 0.3) is 0 Å². The molecule has 0 aliphatic heterocycles. The highest BCUT2D eigenvalue weighted by atomic mass is 127. The maximum atomic E-state index is 12.2. The van der Waals surface area contributed by atoms with Crippen LogP contribution in [0.15, 0.2) is 12.1 Å². The Labute approximate surface area is 126 Å². The van der Waals surface area contributed by atoms with E-state index < -0.39 is 18.1 Å². The highest BCUT2D eigenvalue weighted by Gasteiger charge is 2.31. The molecule has 0 spiro atoms. The van der Waals surface area contributed by atoms with Gasteiger partial charge in [0.15, 0.2) is 0 Å². The molecule has 0 aromatic heterocycles. The average molecular weight is 399 g/mol. The van der Waals surface area contributed by atoms with Crippen molar-refractivity contribution in [3.8, 4) is 11.8 Å². The van der Waals surface area contributed by atoms with Gasteiger partial charge in [0.2, 0.25) is 0 Å². The van der Waals surface area contributed by atoms with Crippen molar-refractivity contribution in [3.05, 3.63) is 26.8 Å². The zero-order valence-electron chi connectivity index (χ0n) is 10.3. The molecule has 0 unspecified atom stereocenters. The lowest BCUT2D eigenvalue weighted by Gasteiger charge is -2.12. The van der Waals surface area contributed by atoms with Crippen LogP contribution in [0.25, 0.3) is 0 Å². The lowest BCUT2D eigenvalue weighted by atomic mass is 10.1. The number of alkyl halides is 3. The second kappa shape index (κ2) is 6.78. The SMILES string of the molecule is CCOC(=O)Cc1cc(OC(F)(F)F)cc(I)c1C#N. The van der Waals surface area contributed by atoms with Crippen molar-refractivity contribution in [3.63, 3.8) is 0 Å². The number of ether oxygens (including phenoxy) is 2. The molecular formula is C12H9F3INO3. The van der Waals surface area contributed by atoms with Crippen LogP contribution in [0.2, 0.25) is 0 Å². The Kier molecular flexibility index (Phi) is 5.62. The number of nitriles is 1. The highest BCUT2D eigenvalue weighted by molar-refractivity contribution is 14.1. The number of benzene rings is 1. The van der Waals surface area contributed by atoms with E-state index in [2.05, 4.69) is 4.74 Å². The molecular weight excluding hydrogens is 390 g/mol. The van der Waals surface area contributed by atoms with E-state index in [0.717, 1.165) is 12.1 Å². The summed E-state index contributed by atoms with van der Waals surface area (Å²) in [4.78, 5) is 11.4. The second-order valence-electron chi connectivity index (χ2n) is 3.58. The van der Waals surface area contributed by atoms with E-state index in [1.807, 2.05) is 6.07 Å². The van der Waals surface area contributed by atoms with Gasteiger partial charge in [-0.1, -0.05) is 0 Å². The van der Waals surface area contributed by atoms with Crippen LogP contribution in [0.3, 0.4) is 0 Å². The minimum atomic E-state index is -4.83. The van der Waals surface area contributed by atoms with Gasteiger partial charge in [0.05, 0.1) is 18.6 Å². The molecule has 20 heavy (non-hydrogen) atoms. The maximum Gasteiger partial charge on any atom is 0.573 e. The number of esters is 1. The fourth-order valence-electron chi connectivity index (χ4n) is 1.46. The summed E-state index contributed by atoms with van der Waals surface area (Å²) in [5.74, 6) is -1.09. The molecule has 1 aromatic carbocycles. The van der Waals surface area contributed by atoms with Gasteiger partial charge in [0.1, 0.15) is 11.8 Å². The van der Waals surface area contributed by atoms with Gasteiger partial charge in [-0.25, -0.2) is 0 Å². The van der Waals surface area contributed by atoms with Crippen molar-refractivity contribution >= 4 is 28.6 Å². The third kappa shape index (κ3) is 4.88. The highest BCUT2D eigenvalue weighted by Crippen LogP contribution is 2.28. The summed E-state index contributed by atoms with van der Waals surface area (Å²) in [6.45, 7) is 1.76. The Hall–Kier alpha value is -1.50. The topological polar surface area (TPSA) is 59.3 Å². The van der Waals surface area contributed by atoms with Gasteiger partial charge in [-0.15, -0.1) is 13.2 Å². The second-order valence-corrected chi connectivity index (χ2v) is 4.74. The van der Waals surface area contributed by atoms with Crippen LogP contribution in [0.1, 0.15) is 18.1 Å². The Bertz CT molecular complexity index is 552. The molecule has 4 nitrogen and oxygen atoms in total. The first-order chi connectivity index (χ1) is 9.26. The molecule has 0 atom stereocenters. The molecule has 0 heterocycles. The molecule has 0 N–H and O–H groups in total. The summed E-state index contributed by atoms with van der Waals surface area (Å²) >= 11 is 1.71. The molecule has 0 saturated carbocycles. The molecule has 1 rings (SSSR count). The minimum Gasteiger partial charge on any atom is -0.466 e. The molecule has 0 saturated heterocycles. The van der Waals surface area contributed by atoms with E-state index in [1.165, 1.54) is 0 Å². The quantitative estimate of drug-likeness (QED) is 0.577. The van der Waals surface area contributed by atoms with Crippen molar-refractivity contribution in [2.75, 3.05) is 6.61 Å². The summed E-state index contributed by atoms with van der Waals surface area (Å²) in [6, 6.07) is 3.95. The molecule has 0 fully saturated rings. The predicted molar refractivity (Wildman–Crippen MR) is 70.9 cm³/mol. The summed E-state index contributed by atoms with van der Waals surface area (Å²) in [7, 11) is 0. The summed E-state index contributed by atoms with van der Waals surface area (Å²) in [5.41, 5.74) is 0.269. The van der Waals surface area contributed by atoms with Crippen LogP contribution < -0.4 is 4.74 Å². The van der Waals surface area contributed by atoms with Crippen LogP contribution in [0, 0.1) is 14.9 Å². The van der Waals surface area contributed by atoms with Crippen molar-refractivity contribution in [2.45, 2.75) is 19.7 Å². The van der Waals surface area contributed by atoms with Gasteiger partial charge >= 0.3 is 12.3 Å². The molecule has 0 aliphatic carbocycles. The van der Waals surface area contributed by atoms with Crippen molar-refractivity contribution in [1.82, 2.24) is 0 Å². The maximum absolute atomic E-state index is 12.2. The van der Waals surface area contributed by atoms with Crippen molar-refractivity contribution in [2.24, 2.45) is 0 Å². The van der Waals surface area contributed by atoms with Gasteiger partial charge in [-0.2, -0.15) is 5.26 Å². The summed E-state index contributed by atoms with van der Waals surface area (Å²) < 4.78 is 45.3. The fourth-order valence-corrected chi connectivity index (χ4v) is 2.23. The number of hydrogen-bond donors (Lipinski definition) is 0. The van der Waals surface area contributed by atoms with Crippen LogP contribution in [-0.2, 0) is 16.0 Å². The Balaban J connectivity index is 3.13. The average Bonchev–Trinajstić information content (AvgIpc) is 2.26. The Morgan fingerprint density at radius 2 is 2.10 bits per heavy atom. The number of hydrogen-bond acceptors (Lipinski definition) is 4. The van der Waals surface area contributed by atoms with E-state index >= 15 is 0 Å². The zero-order chi connectivity index (χ0) is 15.3. The van der Waals surface area contributed by atoms with Crippen molar-refractivity contribution in [1.29, 1.82) is 5.26 Å². The summed E-state index contributed by atoms with van der Waals surface area (Å²) in [6.07, 6.45) is -5.12. The van der Waals surface area contributed by atoms with E-state index in [1.54, 1.807) is 29.5 Å². The third-order valence-electron chi connectivity index (χ3n) is 2.13. The molecule has 8 heteroatoms. The van der Waals surface area contributed by atoms with Gasteiger partial charge in [-0.05, 0) is 47.2 Å². The van der Waals surface area contributed by atoms with Gasteiger partial charge in [-0.3, -0.25) is 4.79 Å². The lowest BCUT2D eigenvalue weighted by molar-refractivity contribution is -0.274. The first kappa shape index (κ1) is 16.6. The normalized spacial score (nSPS) is 10.8. The molecule has 0 bridgehead atoms. The molecule has 1 aromatic rings. The third-order valence-corrected chi connectivity index (χ3v) is 2.98. The van der Waals surface area contributed by atoms with E-state index in [9.17, 15) is 18.0 Å². The van der Waals surface area contributed by atoms with Gasteiger partial charge < -0.3 is 9.47 Å². The number of rotatable bonds is 4. The number of nitrogens with zero attached hydrogens (tertiary/aromatic N) is 1. The Morgan fingerprint density at radius 3 is 2.60 bits per heavy atom. The standard InChI is InChI=1S/C12H9F3INO3/c1-2-19-11(18)4-7-3-8(20-12(13,14)15)5-10(16)9(7)6-17/h3,5H,2,4H2,1H3. The van der Waals surface area contributed by atoms with E-state index in [-0.39, 0.29) is 27.7 Å². The summed E-state index contributed by atoms with van der Waals surface area (Å²) in [5, 5.41) is 9.00. The largest absolute Gasteiger partial charge is 0.573 e. The van der Waals surface area contributed by atoms with Crippen molar-refractivity contribution < 1.29 is 27.4 Å². The fraction of sp³-hybridized carbons (Fsp3) is 0.333. The van der Waals surface area contributed by atoms with Gasteiger partial charge in [0, 0.05) is 3.57 Å². The van der Waals surface area contributed by atoms with Crippen LogP contribution >= 0.6 is 22.6 Å². The first-order valence-corrected chi connectivity index (χ1v) is 6.48. The predicted octanol–water partition coefficient (Wildman–Crippen LogP) is 3.17. The first-order valence-electron chi connectivity index (χ1n) is 5.40. The monoisotopic (exact) mass is 399 g/mol. The van der Waals surface area contributed by atoms with Crippen LogP contribution in [0.5, 0.6) is 5.75 Å². The molecule has 0 amide bonds. The van der Waals surface area contributed by atoms with Crippen LogP contribution in [-0.4, -0.2) is 18.9 Å². The molecule has 0 radical (unpaired) electrons. The lowest BCUT2D eigenvalue weighted by Crippen LogP contribution is -2.18. The number of carbonyl (C=O) groups excluding carboxylic acids is 1. The Morgan fingerprint density at radius 1 is 1.45 bits per heavy atom. The molecule has 108 valence electrons. The minimum absolute atomic E-state index is 0.133. The number of carbonyl (C=O) groups is 1. The number of halogens is 4. The van der Waals surface area contributed by atoms with E-state index in [0.29, 0.717) is 0 Å². The smallest absolute Gasteiger partial charge is 0.466 e. The molecule has 0 aliphatic rings. The van der Waals surface area contributed by atoms with Crippen LogP contribution in [0.4, 0.5) is 13.2 Å². The van der Waals surface area contributed by atoms with E-state index in [4.69, 9.17) is 10.00 Å². The zero-order valence-corrected chi connectivity index (χ0v) is 12.4.